The lowest BCUT2D eigenvalue weighted by Crippen LogP contribution is -2.09. The molecule has 0 aliphatic heterocycles. The summed E-state index contributed by atoms with van der Waals surface area (Å²) >= 11 is 0. The molecule has 3 nitrogen and oxygen atoms in total. The monoisotopic (exact) mass is 178 g/mol. The SMILES string of the molecule is O=C(O)C(O)c1ccccc1.[MgH2]. The number of aliphatic hydroxyl groups excluding tert-OH is 1. The molecule has 0 spiro atoms. The van der Waals surface area contributed by atoms with Crippen LogP contribution in [0.2, 0.25) is 0 Å². The maximum atomic E-state index is 10.2. The Kier molecular flexibility index (Phi) is 4.88. The van der Waals surface area contributed by atoms with Crippen LogP contribution in [-0.2, 0) is 4.79 Å². The van der Waals surface area contributed by atoms with Crippen molar-refractivity contribution in [2.75, 3.05) is 0 Å². The second-order valence-corrected chi connectivity index (χ2v) is 2.15. The van der Waals surface area contributed by atoms with Crippen molar-refractivity contribution in [3.05, 3.63) is 35.9 Å². The minimum absolute atomic E-state index is 0. The molecule has 2 N–H and O–H groups in total. The zero-order chi connectivity index (χ0) is 8.27. The molecule has 1 aromatic rings. The minimum Gasteiger partial charge on any atom is -0.479 e. The first-order valence-corrected chi connectivity index (χ1v) is 3.17. The van der Waals surface area contributed by atoms with E-state index in [2.05, 4.69) is 0 Å². The van der Waals surface area contributed by atoms with Crippen LogP contribution in [0.15, 0.2) is 30.3 Å². The van der Waals surface area contributed by atoms with E-state index < -0.39 is 12.1 Å². The molecule has 0 aliphatic rings. The summed E-state index contributed by atoms with van der Waals surface area (Å²) in [5.74, 6) is -1.23. The van der Waals surface area contributed by atoms with Gasteiger partial charge in [-0.3, -0.25) is 0 Å². The minimum atomic E-state index is -1.41. The van der Waals surface area contributed by atoms with Crippen molar-refractivity contribution in [2.45, 2.75) is 6.10 Å². The molecule has 12 heavy (non-hydrogen) atoms. The van der Waals surface area contributed by atoms with E-state index in [1.54, 1.807) is 30.3 Å². The zero-order valence-electron chi connectivity index (χ0n) is 5.77. The van der Waals surface area contributed by atoms with Gasteiger partial charge >= 0.3 is 29.0 Å². The summed E-state index contributed by atoms with van der Waals surface area (Å²) in [5, 5.41) is 17.4. The summed E-state index contributed by atoms with van der Waals surface area (Å²) < 4.78 is 0. The molecule has 0 saturated heterocycles. The van der Waals surface area contributed by atoms with E-state index in [1.165, 1.54) is 0 Å². The topological polar surface area (TPSA) is 57.5 Å². The molecule has 62 valence electrons. The van der Waals surface area contributed by atoms with Crippen LogP contribution in [0.3, 0.4) is 0 Å². The molecule has 0 aromatic heterocycles. The quantitative estimate of drug-likeness (QED) is 0.621. The summed E-state index contributed by atoms with van der Waals surface area (Å²) in [6, 6.07) is 8.26. The lowest BCUT2D eigenvalue weighted by Gasteiger charge is -2.03. The molecule has 0 fully saturated rings. The van der Waals surface area contributed by atoms with Crippen molar-refractivity contribution in [3.8, 4) is 0 Å². The van der Waals surface area contributed by atoms with E-state index >= 15 is 0 Å². The average Bonchev–Trinajstić information content (AvgIpc) is 2.05. The highest BCUT2D eigenvalue weighted by Crippen LogP contribution is 2.10. The Morgan fingerprint density at radius 1 is 1.25 bits per heavy atom. The van der Waals surface area contributed by atoms with Gasteiger partial charge in [-0.2, -0.15) is 0 Å². The van der Waals surface area contributed by atoms with Crippen LogP contribution in [0.5, 0.6) is 0 Å². The number of aliphatic carboxylic acids is 1. The number of hydrogen-bond acceptors (Lipinski definition) is 2. The van der Waals surface area contributed by atoms with Crippen LogP contribution in [-0.4, -0.2) is 39.2 Å². The second kappa shape index (κ2) is 5.13. The van der Waals surface area contributed by atoms with Crippen LogP contribution in [0, 0.1) is 0 Å². The van der Waals surface area contributed by atoms with Crippen molar-refractivity contribution in [1.82, 2.24) is 0 Å². The third-order valence-electron chi connectivity index (χ3n) is 1.35. The number of rotatable bonds is 2. The van der Waals surface area contributed by atoms with Gasteiger partial charge < -0.3 is 10.2 Å². The first-order chi connectivity index (χ1) is 5.22. The van der Waals surface area contributed by atoms with E-state index in [4.69, 9.17) is 10.2 Å². The summed E-state index contributed by atoms with van der Waals surface area (Å²) in [6.45, 7) is 0. The van der Waals surface area contributed by atoms with Crippen LogP contribution in [0.1, 0.15) is 11.7 Å². The van der Waals surface area contributed by atoms with Gasteiger partial charge in [0, 0.05) is 0 Å². The third-order valence-corrected chi connectivity index (χ3v) is 1.35. The van der Waals surface area contributed by atoms with Gasteiger partial charge in [0.15, 0.2) is 6.10 Å². The van der Waals surface area contributed by atoms with Crippen molar-refractivity contribution in [1.29, 1.82) is 0 Å². The number of benzene rings is 1. The summed E-state index contributed by atoms with van der Waals surface area (Å²) in [4.78, 5) is 10.2. The Balaban J connectivity index is 0.00000121. The number of carboxylic acid groups (broad SMARTS) is 1. The highest BCUT2D eigenvalue weighted by Gasteiger charge is 2.14. The number of carbonyl (C=O) groups is 1. The Bertz CT molecular complexity index is 248. The third kappa shape index (κ3) is 2.81. The van der Waals surface area contributed by atoms with Gasteiger partial charge in [-0.25, -0.2) is 4.79 Å². The van der Waals surface area contributed by atoms with E-state index in [-0.39, 0.29) is 23.1 Å². The predicted molar refractivity (Wildman–Crippen MR) is 47.6 cm³/mol. The molecule has 0 amide bonds. The van der Waals surface area contributed by atoms with Crippen molar-refractivity contribution in [3.63, 3.8) is 0 Å². The Labute approximate surface area is 86.2 Å². The normalized spacial score (nSPS) is 11.4. The molecule has 1 rings (SSSR count). The van der Waals surface area contributed by atoms with E-state index in [9.17, 15) is 4.79 Å². The molecule has 0 bridgehead atoms. The molecule has 0 radical (unpaired) electrons. The molecule has 0 saturated carbocycles. The molecular weight excluding hydrogens is 168 g/mol. The van der Waals surface area contributed by atoms with Gasteiger partial charge in [0.2, 0.25) is 0 Å². The van der Waals surface area contributed by atoms with Gasteiger partial charge in [-0.1, -0.05) is 30.3 Å². The van der Waals surface area contributed by atoms with Gasteiger partial charge in [0.25, 0.3) is 0 Å². The van der Waals surface area contributed by atoms with Crippen molar-refractivity contribution in [2.24, 2.45) is 0 Å². The molecule has 4 heteroatoms. The van der Waals surface area contributed by atoms with Crippen LogP contribution >= 0.6 is 0 Å². The average molecular weight is 178 g/mol. The number of hydrogen-bond donors (Lipinski definition) is 2. The van der Waals surface area contributed by atoms with Crippen molar-refractivity contribution < 1.29 is 15.0 Å². The fourth-order valence-corrected chi connectivity index (χ4v) is 0.778. The van der Waals surface area contributed by atoms with E-state index in [0.29, 0.717) is 5.56 Å². The van der Waals surface area contributed by atoms with Gasteiger partial charge in [-0.15, -0.1) is 0 Å². The first kappa shape index (κ1) is 11.4. The smallest absolute Gasteiger partial charge is 0.337 e. The highest BCUT2D eigenvalue weighted by atomic mass is 24.3. The van der Waals surface area contributed by atoms with Crippen molar-refractivity contribution >= 4 is 29.0 Å². The fraction of sp³-hybridized carbons (Fsp3) is 0.125. The molecule has 0 heterocycles. The molecule has 1 atom stereocenters. The van der Waals surface area contributed by atoms with E-state index in [1.807, 2.05) is 0 Å². The molecular formula is C8H10MgO3. The molecule has 0 aliphatic carbocycles. The highest BCUT2D eigenvalue weighted by molar-refractivity contribution is 5.75. The lowest BCUT2D eigenvalue weighted by atomic mass is 10.1. The maximum Gasteiger partial charge on any atom is 0.337 e. The maximum absolute atomic E-state index is 10.2. The Morgan fingerprint density at radius 3 is 2.17 bits per heavy atom. The van der Waals surface area contributed by atoms with E-state index in [0.717, 1.165) is 0 Å². The Morgan fingerprint density at radius 2 is 1.75 bits per heavy atom. The predicted octanol–water partition coefficient (Wildman–Crippen LogP) is -0.112. The Hall–Kier alpha value is -0.584. The molecule has 1 aromatic carbocycles. The zero-order valence-corrected chi connectivity index (χ0v) is 5.77. The van der Waals surface area contributed by atoms with Crippen LogP contribution in [0.4, 0.5) is 0 Å². The lowest BCUT2D eigenvalue weighted by molar-refractivity contribution is -0.146. The standard InChI is InChI=1S/C8H8O3.Mg.2H/c9-7(8(10)11)6-4-2-1-3-5-6;;;/h1-5,7,9H,(H,10,11);;;. The van der Waals surface area contributed by atoms with Gasteiger partial charge in [0.05, 0.1) is 0 Å². The fourth-order valence-electron chi connectivity index (χ4n) is 0.778. The largest absolute Gasteiger partial charge is 0.479 e. The molecule has 1 unspecified atom stereocenters. The van der Waals surface area contributed by atoms with Crippen LogP contribution < -0.4 is 0 Å². The number of aliphatic hydroxyl groups is 1. The first-order valence-electron chi connectivity index (χ1n) is 3.17. The summed E-state index contributed by atoms with van der Waals surface area (Å²) in [6.07, 6.45) is -1.41. The summed E-state index contributed by atoms with van der Waals surface area (Å²) in [7, 11) is 0. The van der Waals surface area contributed by atoms with Gasteiger partial charge in [0.1, 0.15) is 0 Å². The second-order valence-electron chi connectivity index (χ2n) is 2.15. The summed E-state index contributed by atoms with van der Waals surface area (Å²) in [5.41, 5.74) is 0.403. The van der Waals surface area contributed by atoms with Gasteiger partial charge in [-0.05, 0) is 5.56 Å². The van der Waals surface area contributed by atoms with Crippen LogP contribution in [0.25, 0.3) is 0 Å². The number of carboxylic acids is 1.